The molecule has 0 bridgehead atoms. The number of carbonyl (C=O) groups is 4. The summed E-state index contributed by atoms with van der Waals surface area (Å²) in [6.07, 6.45) is -1.07. The van der Waals surface area contributed by atoms with Crippen molar-refractivity contribution in [2.75, 3.05) is 0 Å². The highest BCUT2D eigenvalue weighted by Crippen LogP contribution is 2.35. The topological polar surface area (TPSA) is 95.6 Å². The molecule has 1 aromatic carbocycles. The van der Waals surface area contributed by atoms with Crippen LogP contribution < -0.4 is 10.6 Å². The minimum atomic E-state index is -4.55. The molecule has 32 heavy (non-hydrogen) atoms. The van der Waals surface area contributed by atoms with Gasteiger partial charge in [0.15, 0.2) is 0 Å². The van der Waals surface area contributed by atoms with Crippen LogP contribution >= 0.6 is 0 Å². The number of nitrogens with zero attached hydrogens (tertiary/aromatic N) is 1. The molecule has 2 N–H and O–H groups in total. The Labute approximate surface area is 182 Å². The molecule has 10 heteroatoms. The van der Waals surface area contributed by atoms with Gasteiger partial charge in [-0.15, -0.1) is 0 Å². The molecule has 4 amide bonds. The van der Waals surface area contributed by atoms with Crippen LogP contribution in [0.5, 0.6) is 0 Å². The Morgan fingerprint density at radius 3 is 2.47 bits per heavy atom. The predicted molar refractivity (Wildman–Crippen MR) is 106 cm³/mol. The second-order valence-electron chi connectivity index (χ2n) is 8.66. The van der Waals surface area contributed by atoms with Gasteiger partial charge in [0.05, 0.1) is 0 Å². The van der Waals surface area contributed by atoms with E-state index in [1.807, 2.05) is 0 Å². The van der Waals surface area contributed by atoms with Gasteiger partial charge in [0.2, 0.25) is 11.8 Å². The van der Waals surface area contributed by atoms with E-state index in [1.165, 1.54) is 23.1 Å². The maximum Gasteiger partial charge on any atom is 0.408 e. The zero-order valence-electron chi connectivity index (χ0n) is 17.3. The van der Waals surface area contributed by atoms with Gasteiger partial charge < -0.3 is 10.2 Å². The molecule has 2 heterocycles. The fourth-order valence-corrected chi connectivity index (χ4v) is 4.87. The van der Waals surface area contributed by atoms with Crippen molar-refractivity contribution in [1.82, 2.24) is 15.5 Å². The molecular weight excluding hydrogens is 427 g/mol. The van der Waals surface area contributed by atoms with Crippen molar-refractivity contribution < 1.29 is 32.3 Å². The molecule has 2 atom stereocenters. The van der Waals surface area contributed by atoms with Crippen LogP contribution in [0.3, 0.4) is 0 Å². The zero-order valence-corrected chi connectivity index (χ0v) is 17.3. The lowest BCUT2D eigenvalue weighted by Crippen LogP contribution is -2.52. The second kappa shape index (κ2) is 8.55. The molecule has 7 nitrogen and oxygen atoms in total. The van der Waals surface area contributed by atoms with Crippen molar-refractivity contribution in [3.05, 3.63) is 34.9 Å². The van der Waals surface area contributed by atoms with Gasteiger partial charge in [-0.25, -0.2) is 0 Å². The zero-order chi connectivity index (χ0) is 23.0. The first-order valence-corrected chi connectivity index (χ1v) is 10.8. The van der Waals surface area contributed by atoms with Crippen molar-refractivity contribution in [3.63, 3.8) is 0 Å². The van der Waals surface area contributed by atoms with Crippen molar-refractivity contribution >= 4 is 23.6 Å². The summed E-state index contributed by atoms with van der Waals surface area (Å²) >= 11 is 0. The van der Waals surface area contributed by atoms with Gasteiger partial charge in [0.25, 0.3) is 11.8 Å². The van der Waals surface area contributed by atoms with Gasteiger partial charge in [-0.3, -0.25) is 24.5 Å². The van der Waals surface area contributed by atoms with Gasteiger partial charge in [-0.1, -0.05) is 19.3 Å². The maximum atomic E-state index is 13.6. The highest BCUT2D eigenvalue weighted by Gasteiger charge is 2.46. The van der Waals surface area contributed by atoms with E-state index in [0.717, 1.165) is 6.42 Å². The second-order valence-corrected chi connectivity index (χ2v) is 8.66. The van der Waals surface area contributed by atoms with Crippen LogP contribution in [0, 0.1) is 5.92 Å². The van der Waals surface area contributed by atoms with E-state index < -0.39 is 47.8 Å². The lowest BCUT2D eigenvalue weighted by molar-refractivity contribution is -0.167. The van der Waals surface area contributed by atoms with E-state index >= 15 is 0 Å². The van der Waals surface area contributed by atoms with E-state index in [-0.39, 0.29) is 24.9 Å². The minimum absolute atomic E-state index is 0.0340. The minimum Gasteiger partial charge on any atom is -0.340 e. The number of alkyl halides is 3. The first-order valence-electron chi connectivity index (χ1n) is 10.8. The molecule has 4 rings (SSSR count). The quantitative estimate of drug-likeness (QED) is 0.688. The molecule has 1 aliphatic carbocycles. The summed E-state index contributed by atoms with van der Waals surface area (Å²) in [5, 5.41) is 4.38. The summed E-state index contributed by atoms with van der Waals surface area (Å²) in [6.45, 7) is 0.0485. The third kappa shape index (κ3) is 4.35. The SMILES string of the molecule is O=C1CCC(N2Cc3cc(C(=O)N[C@H](C4CCCCC4)C(F)(F)F)ccc3C2=O)C(=O)N1. The molecule has 1 saturated heterocycles. The normalized spacial score (nSPS) is 23.0. The molecule has 172 valence electrons. The number of piperidine rings is 1. The Kier molecular flexibility index (Phi) is 5.96. The van der Waals surface area contributed by atoms with Gasteiger partial charge in [-0.05, 0) is 48.9 Å². The van der Waals surface area contributed by atoms with Crippen LogP contribution in [-0.4, -0.2) is 46.8 Å². The number of imide groups is 1. The van der Waals surface area contributed by atoms with E-state index in [4.69, 9.17) is 0 Å². The van der Waals surface area contributed by atoms with Crippen LogP contribution in [0.4, 0.5) is 13.2 Å². The van der Waals surface area contributed by atoms with E-state index in [0.29, 0.717) is 36.8 Å². The number of benzene rings is 1. The molecule has 1 aromatic rings. The smallest absolute Gasteiger partial charge is 0.340 e. The third-order valence-electron chi connectivity index (χ3n) is 6.55. The number of rotatable bonds is 4. The monoisotopic (exact) mass is 451 g/mol. The molecule has 2 fully saturated rings. The Morgan fingerprint density at radius 1 is 1.09 bits per heavy atom. The number of nitrogens with one attached hydrogen (secondary N) is 2. The Morgan fingerprint density at radius 2 is 1.81 bits per heavy atom. The first kappa shape index (κ1) is 22.3. The standard InChI is InChI=1S/C22H24F3N3O4/c23-22(24,25)18(12-4-2-1-3-5-12)27-19(30)13-6-7-15-14(10-13)11-28(21(15)32)16-8-9-17(29)26-20(16)31/h6-7,10,12,16,18H,1-5,8-9,11H2,(H,27,30)(H,26,29,31)/t16?,18-/m1/s1. The summed E-state index contributed by atoms with van der Waals surface area (Å²) < 4.78 is 40.9. The molecule has 1 saturated carbocycles. The summed E-state index contributed by atoms with van der Waals surface area (Å²) in [5.74, 6) is -2.84. The van der Waals surface area contributed by atoms with Crippen LogP contribution in [-0.2, 0) is 16.1 Å². The Balaban J connectivity index is 1.50. The highest BCUT2D eigenvalue weighted by molar-refractivity contribution is 6.06. The van der Waals surface area contributed by atoms with E-state index in [1.54, 1.807) is 0 Å². The summed E-state index contributed by atoms with van der Waals surface area (Å²) in [4.78, 5) is 50.2. The molecule has 0 aromatic heterocycles. The number of carbonyl (C=O) groups excluding carboxylic acids is 4. The van der Waals surface area contributed by atoms with Gasteiger partial charge in [0.1, 0.15) is 12.1 Å². The van der Waals surface area contributed by atoms with Crippen molar-refractivity contribution in [2.24, 2.45) is 5.92 Å². The largest absolute Gasteiger partial charge is 0.408 e. The van der Waals surface area contributed by atoms with E-state index in [9.17, 15) is 32.3 Å². The van der Waals surface area contributed by atoms with Gasteiger partial charge in [-0.2, -0.15) is 13.2 Å². The fraction of sp³-hybridized carbons (Fsp3) is 0.545. The highest BCUT2D eigenvalue weighted by atomic mass is 19.4. The molecule has 2 aliphatic heterocycles. The summed E-state index contributed by atoms with van der Waals surface area (Å²) in [6, 6.07) is 1.43. The van der Waals surface area contributed by atoms with Crippen molar-refractivity contribution in [1.29, 1.82) is 0 Å². The van der Waals surface area contributed by atoms with Gasteiger partial charge in [0, 0.05) is 24.1 Å². The number of fused-ring (bicyclic) bond motifs is 1. The maximum absolute atomic E-state index is 13.6. The average molecular weight is 451 g/mol. The van der Waals surface area contributed by atoms with Crippen molar-refractivity contribution in [3.8, 4) is 0 Å². The Bertz CT molecular complexity index is 956. The molecule has 0 radical (unpaired) electrons. The van der Waals surface area contributed by atoms with E-state index in [2.05, 4.69) is 10.6 Å². The number of amides is 4. The number of hydrogen-bond donors (Lipinski definition) is 2. The number of halogens is 3. The van der Waals surface area contributed by atoms with Crippen LogP contribution in [0.15, 0.2) is 18.2 Å². The first-order chi connectivity index (χ1) is 15.1. The van der Waals surface area contributed by atoms with Crippen LogP contribution in [0.25, 0.3) is 0 Å². The Hall–Kier alpha value is -2.91. The molecule has 1 unspecified atom stereocenters. The van der Waals surface area contributed by atoms with Crippen LogP contribution in [0.2, 0.25) is 0 Å². The molecule has 0 spiro atoms. The van der Waals surface area contributed by atoms with Crippen LogP contribution in [0.1, 0.15) is 71.2 Å². The summed E-state index contributed by atoms with van der Waals surface area (Å²) in [7, 11) is 0. The summed E-state index contributed by atoms with van der Waals surface area (Å²) in [5.41, 5.74) is 0.797. The fourth-order valence-electron chi connectivity index (χ4n) is 4.87. The molecule has 3 aliphatic rings. The third-order valence-corrected chi connectivity index (χ3v) is 6.55. The van der Waals surface area contributed by atoms with Gasteiger partial charge >= 0.3 is 6.18 Å². The lowest BCUT2D eigenvalue weighted by atomic mass is 9.83. The predicted octanol–water partition coefficient (Wildman–Crippen LogP) is 2.69. The molecular formula is C22H24F3N3O4. The lowest BCUT2D eigenvalue weighted by Gasteiger charge is -2.32. The average Bonchev–Trinajstić information content (AvgIpc) is 3.07. The number of hydrogen-bond acceptors (Lipinski definition) is 4. The van der Waals surface area contributed by atoms with Crippen molar-refractivity contribution in [2.45, 2.75) is 69.8 Å².